The Morgan fingerprint density at radius 2 is 2.17 bits per heavy atom. The van der Waals surface area contributed by atoms with Crippen LogP contribution < -0.4 is 5.32 Å². The van der Waals surface area contributed by atoms with E-state index in [-0.39, 0.29) is 12.5 Å². The Labute approximate surface area is 109 Å². The summed E-state index contributed by atoms with van der Waals surface area (Å²) in [6.07, 6.45) is 1.01. The molecule has 1 unspecified atom stereocenters. The van der Waals surface area contributed by atoms with Gasteiger partial charge in [0.1, 0.15) is 9.88 Å². The molecule has 2 rings (SSSR count). The van der Waals surface area contributed by atoms with E-state index >= 15 is 0 Å². The van der Waals surface area contributed by atoms with Gasteiger partial charge in [-0.15, -0.1) is 11.3 Å². The minimum Gasteiger partial charge on any atom is -0.392 e. The van der Waals surface area contributed by atoms with Gasteiger partial charge in [-0.3, -0.25) is 4.79 Å². The van der Waals surface area contributed by atoms with Crippen LogP contribution in [0.5, 0.6) is 0 Å². The molecule has 0 saturated carbocycles. The number of aliphatic hydroxyl groups is 1. The van der Waals surface area contributed by atoms with Crippen LogP contribution in [0.3, 0.4) is 0 Å². The van der Waals surface area contributed by atoms with Gasteiger partial charge in [0.2, 0.25) is 0 Å². The molecule has 0 fully saturated rings. The van der Waals surface area contributed by atoms with Gasteiger partial charge in [-0.05, 0) is 6.92 Å². The molecule has 0 aliphatic carbocycles. The normalized spacial score (nSPS) is 12.1. The maximum Gasteiger partial charge on any atom is 0.263 e. The van der Waals surface area contributed by atoms with Crippen molar-refractivity contribution in [3.8, 4) is 10.6 Å². The van der Waals surface area contributed by atoms with Crippen LogP contribution in [0, 0.1) is 0 Å². The van der Waals surface area contributed by atoms with Crippen LogP contribution in [0.2, 0.25) is 0 Å². The number of thiazole rings is 1. The highest BCUT2D eigenvalue weighted by Gasteiger charge is 2.11. The average Bonchev–Trinajstić information content (AvgIpc) is 2.86. The van der Waals surface area contributed by atoms with Crippen LogP contribution in [0.25, 0.3) is 10.6 Å². The Hall–Kier alpha value is -1.72. The predicted molar refractivity (Wildman–Crippen MR) is 71.6 cm³/mol. The summed E-state index contributed by atoms with van der Waals surface area (Å²) < 4.78 is 0. The average molecular weight is 262 g/mol. The minimum absolute atomic E-state index is 0.199. The molecule has 4 nitrogen and oxygen atoms in total. The number of carbonyl (C=O) groups is 1. The lowest BCUT2D eigenvalue weighted by atomic mass is 10.2. The van der Waals surface area contributed by atoms with Crippen molar-refractivity contribution in [1.82, 2.24) is 10.3 Å². The molecule has 2 aromatic rings. The first-order valence-corrected chi connectivity index (χ1v) is 6.46. The summed E-state index contributed by atoms with van der Waals surface area (Å²) in [4.78, 5) is 16.5. The Kier molecular flexibility index (Phi) is 4.07. The first kappa shape index (κ1) is 12.7. The number of carbonyl (C=O) groups excluding carboxylic acids is 1. The van der Waals surface area contributed by atoms with Crippen molar-refractivity contribution in [3.05, 3.63) is 41.4 Å². The summed E-state index contributed by atoms with van der Waals surface area (Å²) in [6, 6.07) is 9.72. The Balaban J connectivity index is 2.09. The lowest BCUT2D eigenvalue weighted by Crippen LogP contribution is -2.29. The summed E-state index contributed by atoms with van der Waals surface area (Å²) >= 11 is 1.34. The lowest BCUT2D eigenvalue weighted by Gasteiger charge is -2.04. The maximum atomic E-state index is 11.7. The molecule has 1 aromatic heterocycles. The van der Waals surface area contributed by atoms with E-state index in [1.165, 1.54) is 11.3 Å². The van der Waals surface area contributed by atoms with E-state index < -0.39 is 6.10 Å². The predicted octanol–water partition coefficient (Wildman–Crippen LogP) is 1.92. The number of rotatable bonds is 4. The fourth-order valence-corrected chi connectivity index (χ4v) is 2.26. The van der Waals surface area contributed by atoms with E-state index in [1.807, 2.05) is 30.3 Å². The highest BCUT2D eigenvalue weighted by molar-refractivity contribution is 7.16. The second kappa shape index (κ2) is 5.75. The van der Waals surface area contributed by atoms with Crippen molar-refractivity contribution in [3.63, 3.8) is 0 Å². The number of nitrogens with one attached hydrogen (secondary N) is 1. The van der Waals surface area contributed by atoms with Crippen molar-refractivity contribution in [1.29, 1.82) is 0 Å². The van der Waals surface area contributed by atoms with E-state index in [2.05, 4.69) is 10.3 Å². The fraction of sp³-hybridized carbons (Fsp3) is 0.231. The first-order valence-electron chi connectivity index (χ1n) is 5.64. The highest BCUT2D eigenvalue weighted by atomic mass is 32.1. The molecule has 0 bridgehead atoms. The Morgan fingerprint density at radius 1 is 1.44 bits per heavy atom. The molecule has 0 radical (unpaired) electrons. The molecule has 5 heteroatoms. The van der Waals surface area contributed by atoms with E-state index in [0.29, 0.717) is 4.88 Å². The number of hydrogen-bond donors (Lipinski definition) is 2. The number of amides is 1. The molecule has 1 amide bonds. The summed E-state index contributed by atoms with van der Waals surface area (Å²) in [6.45, 7) is 1.87. The summed E-state index contributed by atoms with van der Waals surface area (Å²) in [7, 11) is 0. The molecule has 0 aliphatic heterocycles. The molecule has 2 N–H and O–H groups in total. The molecule has 0 saturated heterocycles. The zero-order valence-corrected chi connectivity index (χ0v) is 10.8. The van der Waals surface area contributed by atoms with Crippen LogP contribution in [0.4, 0.5) is 0 Å². The number of aliphatic hydroxyl groups excluding tert-OH is 1. The van der Waals surface area contributed by atoms with Crippen molar-refractivity contribution in [2.45, 2.75) is 13.0 Å². The summed E-state index contributed by atoms with van der Waals surface area (Å²) in [5.74, 6) is -0.199. The number of benzene rings is 1. The zero-order valence-electron chi connectivity index (χ0n) is 9.96. The van der Waals surface area contributed by atoms with Gasteiger partial charge in [-0.25, -0.2) is 4.98 Å². The molecular formula is C13H14N2O2S. The number of nitrogens with zero attached hydrogens (tertiary/aromatic N) is 1. The zero-order chi connectivity index (χ0) is 13.0. The van der Waals surface area contributed by atoms with Gasteiger partial charge in [0.15, 0.2) is 0 Å². The molecule has 94 valence electrons. The Bertz CT molecular complexity index is 523. The van der Waals surface area contributed by atoms with Gasteiger partial charge in [-0.2, -0.15) is 0 Å². The van der Waals surface area contributed by atoms with Crippen LogP contribution in [-0.4, -0.2) is 28.6 Å². The Morgan fingerprint density at radius 3 is 2.83 bits per heavy atom. The second-order valence-electron chi connectivity index (χ2n) is 3.95. The van der Waals surface area contributed by atoms with Crippen molar-refractivity contribution < 1.29 is 9.90 Å². The minimum atomic E-state index is -0.546. The van der Waals surface area contributed by atoms with Gasteiger partial charge in [0.05, 0.1) is 12.3 Å². The maximum absolute atomic E-state index is 11.7. The van der Waals surface area contributed by atoms with Crippen molar-refractivity contribution >= 4 is 17.2 Å². The molecule has 1 aromatic carbocycles. The largest absolute Gasteiger partial charge is 0.392 e. The molecule has 0 spiro atoms. The monoisotopic (exact) mass is 262 g/mol. The second-order valence-corrected chi connectivity index (χ2v) is 4.99. The van der Waals surface area contributed by atoms with Crippen LogP contribution in [-0.2, 0) is 0 Å². The molecule has 0 aliphatic rings. The van der Waals surface area contributed by atoms with Crippen LogP contribution >= 0.6 is 11.3 Å². The quantitative estimate of drug-likeness (QED) is 0.885. The van der Waals surface area contributed by atoms with Gasteiger partial charge in [-0.1, -0.05) is 30.3 Å². The van der Waals surface area contributed by atoms with E-state index in [4.69, 9.17) is 5.11 Å². The summed E-state index contributed by atoms with van der Waals surface area (Å²) in [5, 5.41) is 12.6. The topological polar surface area (TPSA) is 62.2 Å². The number of hydrogen-bond acceptors (Lipinski definition) is 4. The summed E-state index contributed by atoms with van der Waals surface area (Å²) in [5.41, 5.74) is 0.997. The van der Waals surface area contributed by atoms with E-state index in [0.717, 1.165) is 10.6 Å². The third-order valence-electron chi connectivity index (χ3n) is 2.31. The van der Waals surface area contributed by atoms with Crippen LogP contribution in [0.1, 0.15) is 16.6 Å². The van der Waals surface area contributed by atoms with Crippen molar-refractivity contribution in [2.24, 2.45) is 0 Å². The van der Waals surface area contributed by atoms with Crippen LogP contribution in [0.15, 0.2) is 36.5 Å². The van der Waals surface area contributed by atoms with E-state index in [9.17, 15) is 4.79 Å². The standard InChI is InChI=1S/C13H14N2O2S/c1-9(16)7-14-12(17)11-8-15-13(18-11)10-5-3-2-4-6-10/h2-6,8-9,16H,7H2,1H3,(H,14,17). The fourth-order valence-electron chi connectivity index (χ4n) is 1.42. The SMILES string of the molecule is CC(O)CNC(=O)c1cnc(-c2ccccc2)s1. The van der Waals surface area contributed by atoms with Gasteiger partial charge in [0, 0.05) is 12.1 Å². The first-order chi connectivity index (χ1) is 8.66. The highest BCUT2D eigenvalue weighted by Crippen LogP contribution is 2.24. The third kappa shape index (κ3) is 3.15. The molecule has 1 heterocycles. The van der Waals surface area contributed by atoms with E-state index in [1.54, 1.807) is 13.1 Å². The lowest BCUT2D eigenvalue weighted by molar-refractivity contribution is 0.0928. The van der Waals surface area contributed by atoms with Crippen molar-refractivity contribution in [2.75, 3.05) is 6.54 Å². The smallest absolute Gasteiger partial charge is 0.263 e. The molecule has 18 heavy (non-hydrogen) atoms. The van der Waals surface area contributed by atoms with Gasteiger partial charge < -0.3 is 10.4 Å². The molecule has 1 atom stereocenters. The van der Waals surface area contributed by atoms with Gasteiger partial charge in [0.25, 0.3) is 5.91 Å². The molecular weight excluding hydrogens is 248 g/mol. The third-order valence-corrected chi connectivity index (χ3v) is 3.35. The van der Waals surface area contributed by atoms with Gasteiger partial charge >= 0.3 is 0 Å². The number of aromatic nitrogens is 1.